The number of unbranched alkanes of at least 4 members (excludes halogenated alkanes) is 5. The van der Waals surface area contributed by atoms with Crippen molar-refractivity contribution in [2.75, 3.05) is 7.11 Å². The normalized spacial score (nSPS) is 9.38. The molecule has 0 radical (unpaired) electrons. The second-order valence-electron chi connectivity index (χ2n) is 3.25. The van der Waals surface area contributed by atoms with Crippen LogP contribution >= 0.6 is 0 Å². The van der Waals surface area contributed by atoms with Crippen LogP contribution < -0.4 is 0 Å². The Morgan fingerprint density at radius 2 is 1.77 bits per heavy atom. The van der Waals surface area contributed by atoms with Crippen LogP contribution in [0.3, 0.4) is 0 Å². The summed E-state index contributed by atoms with van der Waals surface area (Å²) in [5, 5.41) is 0. The highest BCUT2D eigenvalue weighted by atomic mass is 16.5. The minimum atomic E-state index is 0.454. The van der Waals surface area contributed by atoms with Gasteiger partial charge in [0.2, 0.25) is 0 Å². The fourth-order valence-electron chi connectivity index (χ4n) is 1.26. The Morgan fingerprint density at radius 1 is 1.15 bits per heavy atom. The predicted octanol–water partition coefficient (Wildman–Crippen LogP) is 3.10. The second kappa shape index (κ2) is 9.34. The summed E-state index contributed by atoms with van der Waals surface area (Å²) in [6.07, 6.45) is 8.15. The SMILES string of the molecule is CCCCCCCCC(=C=O)OC. The molecule has 0 spiro atoms. The fourth-order valence-corrected chi connectivity index (χ4v) is 1.26. The van der Waals surface area contributed by atoms with Crippen molar-refractivity contribution < 1.29 is 9.53 Å². The summed E-state index contributed by atoms with van der Waals surface area (Å²) in [6, 6.07) is 0. The van der Waals surface area contributed by atoms with E-state index in [1.807, 2.05) is 0 Å². The molecule has 0 aliphatic heterocycles. The minimum absolute atomic E-state index is 0.454. The third kappa shape index (κ3) is 7.61. The van der Waals surface area contributed by atoms with E-state index in [9.17, 15) is 4.79 Å². The smallest absolute Gasteiger partial charge is 0.179 e. The zero-order valence-electron chi connectivity index (χ0n) is 8.77. The molecule has 2 nitrogen and oxygen atoms in total. The van der Waals surface area contributed by atoms with Gasteiger partial charge in [0.05, 0.1) is 7.11 Å². The first-order chi connectivity index (χ1) is 6.35. The molecule has 0 aliphatic carbocycles. The van der Waals surface area contributed by atoms with Crippen LogP contribution in [-0.2, 0) is 9.53 Å². The molecule has 0 heterocycles. The predicted molar refractivity (Wildman–Crippen MR) is 54.2 cm³/mol. The largest absolute Gasteiger partial charge is 0.490 e. The van der Waals surface area contributed by atoms with E-state index in [1.54, 1.807) is 5.94 Å². The maximum Gasteiger partial charge on any atom is 0.179 e. The van der Waals surface area contributed by atoms with E-state index in [-0.39, 0.29) is 0 Å². The fraction of sp³-hybridized carbons (Fsp3) is 0.818. The van der Waals surface area contributed by atoms with Gasteiger partial charge >= 0.3 is 0 Å². The lowest BCUT2D eigenvalue weighted by atomic mass is 10.1. The Morgan fingerprint density at radius 3 is 2.31 bits per heavy atom. The molecular formula is C11H20O2. The zero-order chi connectivity index (χ0) is 9.94. The van der Waals surface area contributed by atoms with E-state index < -0.39 is 0 Å². The van der Waals surface area contributed by atoms with Gasteiger partial charge in [-0.15, -0.1) is 0 Å². The van der Waals surface area contributed by atoms with E-state index in [2.05, 4.69) is 6.92 Å². The highest BCUT2D eigenvalue weighted by Crippen LogP contribution is 2.10. The molecule has 0 saturated heterocycles. The number of hydrogen-bond acceptors (Lipinski definition) is 2. The van der Waals surface area contributed by atoms with Crippen molar-refractivity contribution in [3.05, 3.63) is 5.76 Å². The van der Waals surface area contributed by atoms with Crippen LogP contribution in [0.5, 0.6) is 0 Å². The van der Waals surface area contributed by atoms with Crippen LogP contribution in [0.1, 0.15) is 51.9 Å². The van der Waals surface area contributed by atoms with Gasteiger partial charge in [-0.1, -0.05) is 39.0 Å². The molecule has 0 rings (SSSR count). The number of rotatable bonds is 8. The molecule has 13 heavy (non-hydrogen) atoms. The van der Waals surface area contributed by atoms with Gasteiger partial charge in [-0.25, -0.2) is 4.79 Å². The summed E-state index contributed by atoms with van der Waals surface area (Å²) in [4.78, 5) is 10.2. The van der Waals surface area contributed by atoms with Crippen LogP contribution in [0, 0.1) is 0 Å². The van der Waals surface area contributed by atoms with Gasteiger partial charge in [0.1, 0.15) is 0 Å². The van der Waals surface area contributed by atoms with Crippen molar-refractivity contribution in [3.63, 3.8) is 0 Å². The van der Waals surface area contributed by atoms with Gasteiger partial charge in [-0.3, -0.25) is 0 Å². The van der Waals surface area contributed by atoms with Gasteiger partial charge < -0.3 is 4.74 Å². The molecule has 76 valence electrons. The lowest BCUT2D eigenvalue weighted by molar-refractivity contribution is 0.277. The Balaban J connectivity index is 3.20. The summed E-state index contributed by atoms with van der Waals surface area (Å²) < 4.78 is 4.82. The first-order valence-electron chi connectivity index (χ1n) is 5.13. The molecule has 0 aromatic heterocycles. The lowest BCUT2D eigenvalue weighted by Gasteiger charge is -2.01. The van der Waals surface area contributed by atoms with Crippen LogP contribution in [-0.4, -0.2) is 13.1 Å². The second-order valence-corrected chi connectivity index (χ2v) is 3.25. The van der Waals surface area contributed by atoms with Crippen molar-refractivity contribution in [1.82, 2.24) is 0 Å². The Labute approximate surface area is 81.0 Å². The van der Waals surface area contributed by atoms with Gasteiger partial charge in [-0.05, 0) is 6.42 Å². The standard InChI is InChI=1S/C11H20O2/c1-3-4-5-6-7-8-9-11(10-12)13-2/h3-9H2,1-2H3. The van der Waals surface area contributed by atoms with Crippen LogP contribution in [0.4, 0.5) is 0 Å². The maximum atomic E-state index is 10.2. The molecule has 0 N–H and O–H groups in total. The monoisotopic (exact) mass is 184 g/mol. The Kier molecular flexibility index (Phi) is 8.80. The third-order valence-corrected chi connectivity index (χ3v) is 2.12. The third-order valence-electron chi connectivity index (χ3n) is 2.12. The quantitative estimate of drug-likeness (QED) is 0.329. The zero-order valence-corrected chi connectivity index (χ0v) is 8.77. The molecule has 2 heteroatoms. The molecule has 0 unspecified atom stereocenters. The molecule has 0 fully saturated rings. The van der Waals surface area contributed by atoms with Gasteiger partial charge in [0.15, 0.2) is 11.7 Å². The summed E-state index contributed by atoms with van der Waals surface area (Å²) in [5.74, 6) is 2.25. The van der Waals surface area contributed by atoms with Crippen LogP contribution in [0.2, 0.25) is 0 Å². The summed E-state index contributed by atoms with van der Waals surface area (Å²) in [5.41, 5.74) is 0. The highest BCUT2D eigenvalue weighted by Gasteiger charge is 1.96. The molecule has 0 saturated carbocycles. The Bertz CT molecular complexity index is 157. The summed E-state index contributed by atoms with van der Waals surface area (Å²) in [6.45, 7) is 2.21. The van der Waals surface area contributed by atoms with Crippen molar-refractivity contribution in [2.24, 2.45) is 0 Å². The summed E-state index contributed by atoms with van der Waals surface area (Å²) in [7, 11) is 1.53. The average Bonchev–Trinajstić information content (AvgIpc) is 2.17. The highest BCUT2D eigenvalue weighted by molar-refractivity contribution is 5.49. The molecule has 0 bridgehead atoms. The topological polar surface area (TPSA) is 26.3 Å². The number of ether oxygens (including phenoxy) is 1. The number of methoxy groups -OCH3 is 1. The van der Waals surface area contributed by atoms with E-state index in [0.717, 1.165) is 12.8 Å². The molecule has 0 amide bonds. The van der Waals surface area contributed by atoms with Crippen molar-refractivity contribution >= 4 is 5.94 Å². The first kappa shape index (κ1) is 12.2. The summed E-state index contributed by atoms with van der Waals surface area (Å²) >= 11 is 0. The van der Waals surface area contributed by atoms with Crippen LogP contribution in [0.15, 0.2) is 5.76 Å². The van der Waals surface area contributed by atoms with Crippen molar-refractivity contribution in [1.29, 1.82) is 0 Å². The van der Waals surface area contributed by atoms with E-state index in [4.69, 9.17) is 4.74 Å². The van der Waals surface area contributed by atoms with Gasteiger partial charge in [-0.2, -0.15) is 0 Å². The average molecular weight is 184 g/mol. The van der Waals surface area contributed by atoms with Gasteiger partial charge in [0.25, 0.3) is 0 Å². The molecule has 0 aromatic rings. The van der Waals surface area contributed by atoms with Gasteiger partial charge in [0, 0.05) is 6.42 Å². The number of carbonyl (C=O) groups excluding carboxylic acids is 1. The van der Waals surface area contributed by atoms with Crippen molar-refractivity contribution in [2.45, 2.75) is 51.9 Å². The van der Waals surface area contributed by atoms with Crippen molar-refractivity contribution in [3.8, 4) is 0 Å². The minimum Gasteiger partial charge on any atom is -0.490 e. The maximum absolute atomic E-state index is 10.2. The van der Waals surface area contributed by atoms with E-state index >= 15 is 0 Å². The van der Waals surface area contributed by atoms with Crippen LogP contribution in [0.25, 0.3) is 0 Å². The molecule has 0 aliphatic rings. The number of allylic oxidation sites excluding steroid dienone is 1. The Hall–Kier alpha value is -0.750. The number of hydrogen-bond donors (Lipinski definition) is 0. The lowest BCUT2D eigenvalue weighted by Crippen LogP contribution is -1.88. The molecule has 0 aromatic carbocycles. The van der Waals surface area contributed by atoms with E-state index in [0.29, 0.717) is 5.76 Å². The molecular weight excluding hydrogens is 164 g/mol. The van der Waals surface area contributed by atoms with E-state index in [1.165, 1.54) is 39.2 Å². The molecule has 0 atom stereocenters. The first-order valence-corrected chi connectivity index (χ1v) is 5.13.